The molecule has 4 nitrogen and oxygen atoms in total. The largest absolute Gasteiger partial charge is 0.349 e. The Balaban J connectivity index is 1.55. The summed E-state index contributed by atoms with van der Waals surface area (Å²) in [5, 5.41) is 2.66. The van der Waals surface area contributed by atoms with Crippen LogP contribution in [0.1, 0.15) is 22.5 Å². The summed E-state index contributed by atoms with van der Waals surface area (Å²) in [5.41, 5.74) is 2.49. The van der Waals surface area contributed by atoms with Gasteiger partial charge in [0.25, 0.3) is 5.91 Å². The Morgan fingerprint density at radius 2 is 1.78 bits per heavy atom. The number of carbonyl (C=O) groups is 1. The van der Waals surface area contributed by atoms with Crippen molar-refractivity contribution in [2.75, 3.05) is 16.8 Å². The fourth-order valence-electron chi connectivity index (χ4n) is 3.24. The fraction of sp³-hybridized carbons (Fsp3) is 0.143. The Hall–Kier alpha value is -3.28. The number of benzene rings is 2. The molecule has 0 spiro atoms. The molecule has 136 valence electrons. The molecule has 0 atom stereocenters. The van der Waals surface area contributed by atoms with E-state index in [9.17, 15) is 13.6 Å². The lowest BCUT2D eigenvalue weighted by atomic mass is 10.0. The van der Waals surface area contributed by atoms with Crippen molar-refractivity contribution >= 4 is 23.0 Å². The van der Waals surface area contributed by atoms with Gasteiger partial charge >= 0.3 is 0 Å². The normalized spacial score (nSPS) is 13.2. The van der Waals surface area contributed by atoms with Gasteiger partial charge in [-0.05, 0) is 48.7 Å². The number of aryl methyl sites for hydroxylation is 1. The number of halogens is 2. The maximum atomic E-state index is 13.7. The van der Waals surface area contributed by atoms with Gasteiger partial charge in [-0.1, -0.05) is 24.3 Å². The summed E-state index contributed by atoms with van der Waals surface area (Å²) >= 11 is 0. The minimum atomic E-state index is -0.694. The van der Waals surface area contributed by atoms with Crippen molar-refractivity contribution in [1.29, 1.82) is 0 Å². The van der Waals surface area contributed by atoms with Gasteiger partial charge in [0, 0.05) is 12.2 Å². The molecule has 0 fully saturated rings. The highest BCUT2D eigenvalue weighted by molar-refractivity contribution is 6.05. The second-order valence-electron chi connectivity index (χ2n) is 6.34. The molecule has 1 aliphatic heterocycles. The minimum absolute atomic E-state index is 0.189. The van der Waals surface area contributed by atoms with Gasteiger partial charge in [-0.3, -0.25) is 4.79 Å². The van der Waals surface area contributed by atoms with Gasteiger partial charge in [-0.15, -0.1) is 0 Å². The first-order chi connectivity index (χ1) is 13.1. The van der Waals surface area contributed by atoms with Gasteiger partial charge in [0.1, 0.15) is 23.0 Å². The number of hydrogen-bond acceptors (Lipinski definition) is 3. The Kier molecular flexibility index (Phi) is 4.54. The molecule has 1 aliphatic rings. The average molecular weight is 365 g/mol. The van der Waals surface area contributed by atoms with Crippen molar-refractivity contribution in [3.05, 3.63) is 83.7 Å². The molecule has 0 radical (unpaired) electrons. The number of carbonyl (C=O) groups excluding carboxylic acids is 1. The molecule has 0 saturated heterocycles. The third-order valence-electron chi connectivity index (χ3n) is 4.57. The predicted octanol–water partition coefficient (Wildman–Crippen LogP) is 4.70. The van der Waals surface area contributed by atoms with Crippen LogP contribution in [0.25, 0.3) is 0 Å². The van der Waals surface area contributed by atoms with Crippen molar-refractivity contribution in [2.24, 2.45) is 0 Å². The second-order valence-corrected chi connectivity index (χ2v) is 6.34. The van der Waals surface area contributed by atoms with E-state index in [4.69, 9.17) is 0 Å². The van der Waals surface area contributed by atoms with E-state index in [-0.39, 0.29) is 17.3 Å². The first-order valence-corrected chi connectivity index (χ1v) is 8.70. The van der Waals surface area contributed by atoms with Gasteiger partial charge in [-0.25, -0.2) is 13.8 Å². The maximum Gasteiger partial charge on any atom is 0.276 e. The SMILES string of the molecule is O=C(c1ccc(Nc2c(F)cccc2F)cn1)N1CCCc2ccccc21. The predicted molar refractivity (Wildman–Crippen MR) is 100 cm³/mol. The number of anilines is 3. The van der Waals surface area contributed by atoms with E-state index in [1.165, 1.54) is 24.4 Å². The van der Waals surface area contributed by atoms with Crippen LogP contribution in [-0.2, 0) is 6.42 Å². The van der Waals surface area contributed by atoms with Crippen LogP contribution in [0.3, 0.4) is 0 Å². The lowest BCUT2D eigenvalue weighted by molar-refractivity contribution is 0.0980. The summed E-state index contributed by atoms with van der Waals surface area (Å²) < 4.78 is 27.5. The Bertz CT molecular complexity index is 969. The van der Waals surface area contributed by atoms with Gasteiger partial charge in [0.15, 0.2) is 0 Å². The van der Waals surface area contributed by atoms with Crippen molar-refractivity contribution < 1.29 is 13.6 Å². The molecule has 27 heavy (non-hydrogen) atoms. The number of amides is 1. The van der Waals surface area contributed by atoms with Gasteiger partial charge in [0.2, 0.25) is 0 Å². The Morgan fingerprint density at radius 1 is 1.00 bits per heavy atom. The summed E-state index contributed by atoms with van der Waals surface area (Å²) in [6.07, 6.45) is 3.24. The molecule has 4 rings (SSSR count). The van der Waals surface area contributed by atoms with E-state index in [1.807, 2.05) is 24.3 Å². The molecule has 0 bridgehead atoms. The number of hydrogen-bond donors (Lipinski definition) is 1. The van der Waals surface area contributed by atoms with Crippen LogP contribution in [0.5, 0.6) is 0 Å². The van der Waals surface area contributed by atoms with Crippen molar-refractivity contribution in [3.8, 4) is 0 Å². The lowest BCUT2D eigenvalue weighted by Gasteiger charge is -2.29. The van der Waals surface area contributed by atoms with E-state index in [2.05, 4.69) is 10.3 Å². The highest BCUT2D eigenvalue weighted by Gasteiger charge is 2.24. The van der Waals surface area contributed by atoms with Gasteiger partial charge < -0.3 is 10.2 Å². The minimum Gasteiger partial charge on any atom is -0.349 e. The summed E-state index contributed by atoms with van der Waals surface area (Å²) in [6.45, 7) is 0.637. The quantitative estimate of drug-likeness (QED) is 0.732. The number of fused-ring (bicyclic) bond motifs is 1. The molecular formula is C21H17F2N3O. The van der Waals surface area contributed by atoms with Crippen LogP contribution < -0.4 is 10.2 Å². The zero-order valence-corrected chi connectivity index (χ0v) is 14.5. The monoisotopic (exact) mass is 365 g/mol. The molecule has 3 aromatic rings. The number of aromatic nitrogens is 1. The summed E-state index contributed by atoms with van der Waals surface area (Å²) in [4.78, 5) is 18.8. The first-order valence-electron chi connectivity index (χ1n) is 8.70. The van der Waals surface area contributed by atoms with Crippen molar-refractivity contribution in [2.45, 2.75) is 12.8 Å². The molecule has 0 saturated carbocycles. The Labute approximate surface area is 155 Å². The van der Waals surface area contributed by atoms with Crippen molar-refractivity contribution in [3.63, 3.8) is 0 Å². The van der Waals surface area contributed by atoms with Crippen LogP contribution in [0.2, 0.25) is 0 Å². The molecule has 1 amide bonds. The topological polar surface area (TPSA) is 45.2 Å². The van der Waals surface area contributed by atoms with Gasteiger partial charge in [0.05, 0.1) is 11.9 Å². The summed E-state index contributed by atoms with van der Waals surface area (Å²) in [6, 6.07) is 14.6. The molecule has 6 heteroatoms. The van der Waals surface area contributed by atoms with Crippen molar-refractivity contribution in [1.82, 2.24) is 4.98 Å². The maximum absolute atomic E-state index is 13.7. The number of nitrogens with one attached hydrogen (secondary N) is 1. The molecule has 1 aromatic heterocycles. The Morgan fingerprint density at radius 3 is 2.52 bits per heavy atom. The van der Waals surface area contributed by atoms with Crippen LogP contribution in [-0.4, -0.2) is 17.4 Å². The number of rotatable bonds is 3. The zero-order chi connectivity index (χ0) is 18.8. The highest BCUT2D eigenvalue weighted by Crippen LogP contribution is 2.28. The van der Waals surface area contributed by atoms with E-state index >= 15 is 0 Å². The molecular weight excluding hydrogens is 348 g/mol. The fourth-order valence-corrected chi connectivity index (χ4v) is 3.24. The molecule has 2 aromatic carbocycles. The van der Waals surface area contributed by atoms with Crippen LogP contribution >= 0.6 is 0 Å². The summed E-state index contributed by atoms with van der Waals surface area (Å²) in [7, 11) is 0. The zero-order valence-electron chi connectivity index (χ0n) is 14.5. The lowest BCUT2D eigenvalue weighted by Crippen LogP contribution is -2.35. The second kappa shape index (κ2) is 7.15. The molecule has 2 heterocycles. The number of nitrogens with zero attached hydrogens (tertiary/aromatic N) is 2. The van der Waals surface area contributed by atoms with Crippen LogP contribution in [0.15, 0.2) is 60.8 Å². The van der Waals surface area contributed by atoms with E-state index in [1.54, 1.807) is 17.0 Å². The third kappa shape index (κ3) is 3.38. The molecule has 0 aliphatic carbocycles. The average Bonchev–Trinajstić information content (AvgIpc) is 2.70. The summed E-state index contributed by atoms with van der Waals surface area (Å²) in [5.74, 6) is -1.58. The van der Waals surface area contributed by atoms with E-state index in [0.29, 0.717) is 12.2 Å². The number of para-hydroxylation sites is 2. The van der Waals surface area contributed by atoms with Crippen LogP contribution in [0.4, 0.5) is 25.8 Å². The first kappa shape index (κ1) is 17.1. The number of pyridine rings is 1. The van der Waals surface area contributed by atoms with Gasteiger partial charge in [-0.2, -0.15) is 0 Å². The molecule has 0 unspecified atom stereocenters. The van der Waals surface area contributed by atoms with E-state index in [0.717, 1.165) is 24.1 Å². The molecule has 1 N–H and O–H groups in total. The smallest absolute Gasteiger partial charge is 0.276 e. The standard InChI is InChI=1S/C21H17F2N3O/c22-16-7-3-8-17(23)20(16)25-15-10-11-18(24-13-15)21(27)26-12-4-6-14-5-1-2-9-19(14)26/h1-3,5,7-11,13,25H,4,6,12H2. The van der Waals surface area contributed by atoms with E-state index < -0.39 is 11.6 Å². The van der Waals surface area contributed by atoms with Crippen LogP contribution in [0, 0.1) is 11.6 Å². The highest BCUT2D eigenvalue weighted by atomic mass is 19.1. The third-order valence-corrected chi connectivity index (χ3v) is 4.57.